The number of halogens is 3. The van der Waals surface area contributed by atoms with Gasteiger partial charge in [-0.1, -0.05) is 12.1 Å². The summed E-state index contributed by atoms with van der Waals surface area (Å²) in [5, 5.41) is 3.02. The van der Waals surface area contributed by atoms with Crippen molar-refractivity contribution in [2.45, 2.75) is 82.6 Å². The summed E-state index contributed by atoms with van der Waals surface area (Å²) >= 11 is 0. The molecule has 0 bridgehead atoms. The molecule has 1 unspecified atom stereocenters. The van der Waals surface area contributed by atoms with Crippen LogP contribution in [-0.4, -0.2) is 78.6 Å². The van der Waals surface area contributed by atoms with Gasteiger partial charge in [0.25, 0.3) is 0 Å². The summed E-state index contributed by atoms with van der Waals surface area (Å²) < 4.78 is 55.7. The van der Waals surface area contributed by atoms with Crippen molar-refractivity contribution >= 4 is 12.0 Å². The van der Waals surface area contributed by atoms with Crippen molar-refractivity contribution in [3.05, 3.63) is 35.4 Å². The van der Waals surface area contributed by atoms with E-state index in [4.69, 9.17) is 14.2 Å². The van der Waals surface area contributed by atoms with Crippen LogP contribution in [0, 0.1) is 11.8 Å². The zero-order valence-corrected chi connectivity index (χ0v) is 23.3. The third kappa shape index (κ3) is 7.09. The number of hydrogen-bond acceptors (Lipinski definition) is 6. The van der Waals surface area contributed by atoms with Crippen molar-refractivity contribution in [3.63, 3.8) is 0 Å². The summed E-state index contributed by atoms with van der Waals surface area (Å²) in [7, 11) is 0. The Balaban J connectivity index is 1.02. The first kappa shape index (κ1) is 29.1. The molecular formula is C29H40F3N3O5. The molecule has 1 aromatic carbocycles. The number of likely N-dealkylation sites (tertiary alicyclic amines) is 1. The molecule has 4 fully saturated rings. The molecule has 1 saturated carbocycles. The second kappa shape index (κ2) is 11.5. The zero-order chi connectivity index (χ0) is 28.5. The number of ether oxygens (including phenoxy) is 3. The SMILES string of the molecule is CC1(C)OCC(CNC(=O)C2CCC(CN3CC4(CCN(Cc5ccc(C(F)(F)F)cc5)CC4)OC3=O)CC2)O1. The van der Waals surface area contributed by atoms with Crippen LogP contribution in [0.25, 0.3) is 0 Å². The Morgan fingerprint density at radius 2 is 1.75 bits per heavy atom. The molecule has 3 heterocycles. The van der Waals surface area contributed by atoms with Gasteiger partial charge in [-0.25, -0.2) is 4.79 Å². The van der Waals surface area contributed by atoms with Crippen molar-refractivity contribution in [1.29, 1.82) is 0 Å². The number of nitrogens with zero attached hydrogens (tertiary/aromatic N) is 2. The maximum absolute atomic E-state index is 12.8. The van der Waals surface area contributed by atoms with E-state index in [1.165, 1.54) is 12.1 Å². The van der Waals surface area contributed by atoms with Gasteiger partial charge in [0.05, 0.1) is 18.7 Å². The Bertz CT molecular complexity index is 1050. The van der Waals surface area contributed by atoms with E-state index in [-0.39, 0.29) is 24.0 Å². The van der Waals surface area contributed by atoms with E-state index in [2.05, 4.69) is 10.2 Å². The number of nitrogens with one attached hydrogen (secondary N) is 1. The zero-order valence-electron chi connectivity index (χ0n) is 23.3. The normalized spacial score (nSPS) is 28.6. The molecule has 3 aliphatic heterocycles. The highest BCUT2D eigenvalue weighted by Crippen LogP contribution is 2.37. The fourth-order valence-corrected chi connectivity index (χ4v) is 6.41. The molecule has 5 rings (SSSR count). The summed E-state index contributed by atoms with van der Waals surface area (Å²) in [4.78, 5) is 29.5. The minimum atomic E-state index is -4.33. The Morgan fingerprint density at radius 3 is 2.35 bits per heavy atom. The van der Waals surface area contributed by atoms with Crippen LogP contribution in [0.2, 0.25) is 0 Å². The van der Waals surface area contributed by atoms with Gasteiger partial charge in [0.2, 0.25) is 5.91 Å². The number of rotatable bonds is 7. The van der Waals surface area contributed by atoms with E-state index in [0.717, 1.165) is 56.5 Å². The van der Waals surface area contributed by atoms with Crippen LogP contribution in [0.1, 0.15) is 63.5 Å². The van der Waals surface area contributed by atoms with Gasteiger partial charge in [0.1, 0.15) is 11.7 Å². The third-order valence-corrected chi connectivity index (χ3v) is 8.76. The molecule has 1 N–H and O–H groups in total. The van der Waals surface area contributed by atoms with E-state index < -0.39 is 23.1 Å². The lowest BCUT2D eigenvalue weighted by Crippen LogP contribution is -2.47. The van der Waals surface area contributed by atoms with Crippen LogP contribution >= 0.6 is 0 Å². The second-order valence-electron chi connectivity index (χ2n) is 12.3. The van der Waals surface area contributed by atoms with Gasteiger partial charge in [0.15, 0.2) is 5.79 Å². The Labute approximate surface area is 233 Å². The maximum Gasteiger partial charge on any atom is 0.416 e. The minimum absolute atomic E-state index is 0.0163. The van der Waals surface area contributed by atoms with Gasteiger partial charge in [-0.3, -0.25) is 9.69 Å². The van der Waals surface area contributed by atoms with Crippen molar-refractivity contribution in [2.75, 3.05) is 39.3 Å². The summed E-state index contributed by atoms with van der Waals surface area (Å²) in [6.07, 6.45) is 0.0794. The average Bonchev–Trinajstić information content (AvgIpc) is 3.41. The van der Waals surface area contributed by atoms with Crippen LogP contribution in [0.4, 0.5) is 18.0 Å². The number of carbonyl (C=O) groups is 2. The fraction of sp³-hybridized carbons (Fsp3) is 0.724. The summed E-state index contributed by atoms with van der Waals surface area (Å²) in [5.41, 5.74) is -0.299. The van der Waals surface area contributed by atoms with E-state index in [9.17, 15) is 22.8 Å². The van der Waals surface area contributed by atoms with Crippen LogP contribution < -0.4 is 5.32 Å². The van der Waals surface area contributed by atoms with Gasteiger partial charge in [-0.15, -0.1) is 0 Å². The summed E-state index contributed by atoms with van der Waals surface area (Å²) in [6.45, 7) is 7.88. The molecular weight excluding hydrogens is 527 g/mol. The molecule has 1 aromatic rings. The fourth-order valence-electron chi connectivity index (χ4n) is 6.41. The van der Waals surface area contributed by atoms with Crippen molar-refractivity contribution < 1.29 is 37.0 Å². The molecule has 3 saturated heterocycles. The average molecular weight is 568 g/mol. The smallest absolute Gasteiger partial charge is 0.416 e. The number of piperidine rings is 1. The van der Waals surface area contributed by atoms with Crippen molar-refractivity contribution in [1.82, 2.24) is 15.1 Å². The quantitative estimate of drug-likeness (QED) is 0.520. The molecule has 11 heteroatoms. The number of amides is 2. The molecule has 40 heavy (non-hydrogen) atoms. The van der Waals surface area contributed by atoms with Crippen LogP contribution in [-0.2, 0) is 31.7 Å². The van der Waals surface area contributed by atoms with E-state index in [0.29, 0.717) is 51.5 Å². The first-order valence-electron chi connectivity index (χ1n) is 14.4. The first-order valence-corrected chi connectivity index (χ1v) is 14.4. The van der Waals surface area contributed by atoms with Gasteiger partial charge in [-0.05, 0) is 63.1 Å². The molecule has 222 valence electrons. The molecule has 1 atom stereocenters. The molecule has 0 radical (unpaired) electrons. The molecule has 0 aromatic heterocycles. The topological polar surface area (TPSA) is 80.3 Å². The Morgan fingerprint density at radius 1 is 1.07 bits per heavy atom. The van der Waals surface area contributed by atoms with Crippen molar-refractivity contribution in [2.24, 2.45) is 11.8 Å². The molecule has 8 nitrogen and oxygen atoms in total. The largest absolute Gasteiger partial charge is 0.441 e. The lowest BCUT2D eigenvalue weighted by molar-refractivity contribution is -0.140. The van der Waals surface area contributed by atoms with Gasteiger partial charge in [-0.2, -0.15) is 13.2 Å². The number of benzene rings is 1. The number of alkyl halides is 3. The maximum atomic E-state index is 12.8. The van der Waals surface area contributed by atoms with E-state index in [1.807, 2.05) is 18.7 Å². The highest BCUT2D eigenvalue weighted by molar-refractivity contribution is 5.78. The van der Waals surface area contributed by atoms with E-state index in [1.54, 1.807) is 0 Å². The predicted octanol–water partition coefficient (Wildman–Crippen LogP) is 4.57. The van der Waals surface area contributed by atoms with Crippen LogP contribution in [0.5, 0.6) is 0 Å². The molecule has 4 aliphatic rings. The second-order valence-corrected chi connectivity index (χ2v) is 12.3. The van der Waals surface area contributed by atoms with Crippen LogP contribution in [0.3, 0.4) is 0 Å². The lowest BCUT2D eigenvalue weighted by atomic mass is 9.81. The first-order chi connectivity index (χ1) is 18.9. The number of hydrogen-bond donors (Lipinski definition) is 1. The van der Waals surface area contributed by atoms with Crippen LogP contribution in [0.15, 0.2) is 24.3 Å². The standard InChI is InChI=1S/C29H40F3N3O5/c1-27(2)38-18-24(39-27)15-33-25(36)22-7-3-21(4-8-22)17-35-19-28(40-26(35)37)11-13-34(14-12-28)16-20-5-9-23(10-6-20)29(30,31)32/h5-6,9-10,21-22,24H,3-4,7-8,11-19H2,1-2H3,(H,33,36). The predicted molar refractivity (Wildman–Crippen MR) is 140 cm³/mol. The highest BCUT2D eigenvalue weighted by Gasteiger charge is 2.47. The molecule has 1 spiro atoms. The van der Waals surface area contributed by atoms with Gasteiger partial charge < -0.3 is 24.4 Å². The number of carbonyl (C=O) groups excluding carboxylic acids is 2. The highest BCUT2D eigenvalue weighted by atomic mass is 19.4. The molecule has 1 aliphatic carbocycles. The van der Waals surface area contributed by atoms with Gasteiger partial charge >= 0.3 is 12.3 Å². The molecule has 2 amide bonds. The van der Waals surface area contributed by atoms with E-state index >= 15 is 0 Å². The third-order valence-electron chi connectivity index (χ3n) is 8.76. The Kier molecular flexibility index (Phi) is 8.37. The summed E-state index contributed by atoms with van der Waals surface area (Å²) in [5.74, 6) is -0.208. The lowest BCUT2D eigenvalue weighted by Gasteiger charge is -2.37. The van der Waals surface area contributed by atoms with Gasteiger partial charge in [0, 0.05) is 51.5 Å². The monoisotopic (exact) mass is 567 g/mol. The van der Waals surface area contributed by atoms with Crippen molar-refractivity contribution in [3.8, 4) is 0 Å². The minimum Gasteiger partial charge on any atom is -0.441 e. The summed E-state index contributed by atoms with van der Waals surface area (Å²) in [6, 6.07) is 5.31. The Hall–Kier alpha value is -2.37.